The Balaban J connectivity index is 2.59. The molecular weight excluding hydrogens is 166 g/mol. The number of aliphatic hydroxyl groups excluding tert-OH is 1. The van der Waals surface area contributed by atoms with Gasteiger partial charge in [0.1, 0.15) is 0 Å². The third-order valence-electron chi connectivity index (χ3n) is 1.79. The van der Waals surface area contributed by atoms with E-state index in [1.165, 1.54) is 0 Å². The summed E-state index contributed by atoms with van der Waals surface area (Å²) < 4.78 is 21.9. The highest BCUT2D eigenvalue weighted by atomic mass is 32.2. The van der Waals surface area contributed by atoms with Gasteiger partial charge >= 0.3 is 0 Å². The van der Waals surface area contributed by atoms with E-state index in [0.717, 1.165) is 0 Å². The van der Waals surface area contributed by atoms with E-state index in [-0.39, 0.29) is 17.5 Å². The Hall–Kier alpha value is -0.130. The largest absolute Gasteiger partial charge is 0.390 e. The van der Waals surface area contributed by atoms with E-state index in [2.05, 4.69) is 5.32 Å². The number of nitrogens with one attached hydrogen (secondary N) is 1. The van der Waals surface area contributed by atoms with Crippen molar-refractivity contribution in [1.82, 2.24) is 5.32 Å². The van der Waals surface area contributed by atoms with Gasteiger partial charge in [-0.25, -0.2) is 8.42 Å². The molecule has 2 atom stereocenters. The molecule has 2 N–H and O–H groups in total. The maximum absolute atomic E-state index is 10.9. The average Bonchev–Trinajstić information content (AvgIpc) is 2.07. The second kappa shape index (κ2) is 3.08. The summed E-state index contributed by atoms with van der Waals surface area (Å²) in [7, 11) is -2.98. The first-order valence-electron chi connectivity index (χ1n) is 3.67. The van der Waals surface area contributed by atoms with Crippen LogP contribution in [0.25, 0.3) is 0 Å². The van der Waals surface area contributed by atoms with Gasteiger partial charge in [-0.1, -0.05) is 6.92 Å². The van der Waals surface area contributed by atoms with Crippen molar-refractivity contribution in [2.24, 2.45) is 0 Å². The third kappa shape index (κ3) is 2.15. The van der Waals surface area contributed by atoms with Crippen LogP contribution < -0.4 is 5.32 Å². The normalized spacial score (nSPS) is 35.8. The second-order valence-electron chi connectivity index (χ2n) is 2.81. The molecule has 66 valence electrons. The van der Waals surface area contributed by atoms with Gasteiger partial charge < -0.3 is 10.4 Å². The number of hydrogen-bond donors (Lipinski definition) is 2. The molecule has 0 aliphatic carbocycles. The predicted octanol–water partition coefficient (Wildman–Crippen LogP) is -1.25. The van der Waals surface area contributed by atoms with Gasteiger partial charge in [-0.2, -0.15) is 0 Å². The first kappa shape index (κ1) is 8.96. The van der Waals surface area contributed by atoms with E-state index < -0.39 is 15.9 Å². The summed E-state index contributed by atoms with van der Waals surface area (Å²) >= 11 is 0. The molecule has 0 bridgehead atoms. The minimum absolute atomic E-state index is 0.0714. The Labute approximate surface area is 66.5 Å². The molecule has 1 rings (SSSR count). The van der Waals surface area contributed by atoms with Crippen LogP contribution in [-0.2, 0) is 9.84 Å². The molecule has 0 aromatic rings. The minimum Gasteiger partial charge on any atom is -0.390 e. The summed E-state index contributed by atoms with van der Waals surface area (Å²) in [4.78, 5) is 0. The lowest BCUT2D eigenvalue weighted by Gasteiger charge is -2.11. The number of hydrogen-bond acceptors (Lipinski definition) is 4. The third-order valence-corrected chi connectivity index (χ3v) is 3.51. The van der Waals surface area contributed by atoms with Crippen LogP contribution in [-0.4, -0.2) is 43.7 Å². The Morgan fingerprint density at radius 2 is 2.18 bits per heavy atom. The molecule has 4 nitrogen and oxygen atoms in total. The monoisotopic (exact) mass is 179 g/mol. The van der Waals surface area contributed by atoms with Gasteiger partial charge in [0, 0.05) is 6.04 Å². The maximum atomic E-state index is 10.9. The summed E-state index contributed by atoms with van der Waals surface area (Å²) in [5, 5.41) is 12.1. The van der Waals surface area contributed by atoms with Crippen molar-refractivity contribution in [3.8, 4) is 0 Å². The van der Waals surface area contributed by atoms with Crippen molar-refractivity contribution in [2.75, 3.05) is 18.1 Å². The van der Waals surface area contributed by atoms with E-state index >= 15 is 0 Å². The number of likely N-dealkylation sites (N-methyl/N-ethyl adjacent to an activating group) is 1. The zero-order valence-corrected chi connectivity index (χ0v) is 7.26. The van der Waals surface area contributed by atoms with E-state index in [4.69, 9.17) is 0 Å². The van der Waals surface area contributed by atoms with Gasteiger partial charge in [-0.3, -0.25) is 0 Å². The zero-order valence-electron chi connectivity index (χ0n) is 6.45. The topological polar surface area (TPSA) is 66.4 Å². The van der Waals surface area contributed by atoms with Gasteiger partial charge in [0.2, 0.25) is 0 Å². The second-order valence-corrected chi connectivity index (χ2v) is 4.96. The van der Waals surface area contributed by atoms with Crippen molar-refractivity contribution in [3.63, 3.8) is 0 Å². The van der Waals surface area contributed by atoms with Crippen LogP contribution in [0.5, 0.6) is 0 Å². The highest BCUT2D eigenvalue weighted by Gasteiger charge is 2.35. The fourth-order valence-electron chi connectivity index (χ4n) is 1.29. The Kier molecular flexibility index (Phi) is 2.51. The van der Waals surface area contributed by atoms with Crippen LogP contribution in [0, 0.1) is 0 Å². The standard InChI is InChI=1S/C6H13NO3S/c1-2-7-5-3-11(9,10)4-6(5)8/h5-8H,2-4H2,1H3/t5-,6-/m0/s1. The molecule has 1 saturated heterocycles. The molecule has 0 amide bonds. The molecule has 1 aliphatic heterocycles. The van der Waals surface area contributed by atoms with Gasteiger partial charge in [-0.15, -0.1) is 0 Å². The van der Waals surface area contributed by atoms with Crippen molar-refractivity contribution >= 4 is 9.84 Å². The molecular formula is C6H13NO3S. The number of aliphatic hydroxyl groups is 1. The molecule has 0 radical (unpaired) electrons. The number of sulfone groups is 1. The van der Waals surface area contributed by atoms with Crippen LogP contribution in [0.3, 0.4) is 0 Å². The van der Waals surface area contributed by atoms with E-state index in [9.17, 15) is 13.5 Å². The molecule has 0 spiro atoms. The fraction of sp³-hybridized carbons (Fsp3) is 1.00. The Morgan fingerprint density at radius 3 is 2.55 bits per heavy atom. The van der Waals surface area contributed by atoms with Crippen LogP contribution in [0.4, 0.5) is 0 Å². The lowest BCUT2D eigenvalue weighted by atomic mass is 10.2. The molecule has 0 saturated carbocycles. The summed E-state index contributed by atoms with van der Waals surface area (Å²) in [5.74, 6) is -0.0212. The molecule has 1 heterocycles. The summed E-state index contributed by atoms with van der Waals surface area (Å²) in [5.41, 5.74) is 0. The minimum atomic E-state index is -2.98. The van der Waals surface area contributed by atoms with Crippen molar-refractivity contribution < 1.29 is 13.5 Å². The lowest BCUT2D eigenvalue weighted by molar-refractivity contribution is 0.167. The van der Waals surface area contributed by atoms with Crippen LogP contribution in [0.2, 0.25) is 0 Å². The lowest BCUT2D eigenvalue weighted by Crippen LogP contribution is -2.38. The fourth-order valence-corrected chi connectivity index (χ4v) is 3.06. The molecule has 0 aromatic heterocycles. The Bertz CT molecular complexity index is 224. The molecule has 0 aromatic carbocycles. The SMILES string of the molecule is CCN[C@H]1CS(=O)(=O)C[C@@H]1O. The quantitative estimate of drug-likeness (QED) is 0.556. The smallest absolute Gasteiger partial charge is 0.154 e. The highest BCUT2D eigenvalue weighted by Crippen LogP contribution is 2.11. The molecule has 0 unspecified atom stereocenters. The van der Waals surface area contributed by atoms with E-state index in [1.54, 1.807) is 0 Å². The molecule has 11 heavy (non-hydrogen) atoms. The average molecular weight is 179 g/mol. The van der Waals surface area contributed by atoms with Crippen molar-refractivity contribution in [3.05, 3.63) is 0 Å². The molecule has 1 aliphatic rings. The summed E-state index contributed by atoms with van der Waals surface area (Å²) in [6, 6.07) is -0.259. The van der Waals surface area contributed by atoms with Crippen LogP contribution >= 0.6 is 0 Å². The first-order chi connectivity index (χ1) is 5.05. The molecule has 1 fully saturated rings. The van der Waals surface area contributed by atoms with Gasteiger partial charge in [0.05, 0.1) is 17.6 Å². The van der Waals surface area contributed by atoms with Crippen LogP contribution in [0.15, 0.2) is 0 Å². The van der Waals surface area contributed by atoms with Gasteiger partial charge in [-0.05, 0) is 6.54 Å². The van der Waals surface area contributed by atoms with Crippen molar-refractivity contribution in [2.45, 2.75) is 19.1 Å². The van der Waals surface area contributed by atoms with Gasteiger partial charge in [0.25, 0.3) is 0 Å². The van der Waals surface area contributed by atoms with E-state index in [0.29, 0.717) is 6.54 Å². The maximum Gasteiger partial charge on any atom is 0.154 e. The van der Waals surface area contributed by atoms with Crippen molar-refractivity contribution in [1.29, 1.82) is 0 Å². The molecule has 5 heteroatoms. The number of rotatable bonds is 2. The predicted molar refractivity (Wildman–Crippen MR) is 42.1 cm³/mol. The summed E-state index contributed by atoms with van der Waals surface area (Å²) in [6.07, 6.45) is -0.722. The van der Waals surface area contributed by atoms with Crippen LogP contribution in [0.1, 0.15) is 6.92 Å². The Morgan fingerprint density at radius 1 is 1.55 bits per heavy atom. The van der Waals surface area contributed by atoms with E-state index in [1.807, 2.05) is 6.92 Å². The zero-order chi connectivity index (χ0) is 8.48. The van der Waals surface area contributed by atoms with Gasteiger partial charge in [0.15, 0.2) is 9.84 Å². The summed E-state index contributed by atoms with van der Waals surface area (Å²) in [6.45, 7) is 2.58. The highest BCUT2D eigenvalue weighted by molar-refractivity contribution is 7.91. The first-order valence-corrected chi connectivity index (χ1v) is 5.49.